The van der Waals surface area contributed by atoms with E-state index < -0.39 is 5.97 Å². The Balaban J connectivity index is 1.50. The molecule has 4 rings (SSSR count). The molecule has 0 aliphatic carbocycles. The summed E-state index contributed by atoms with van der Waals surface area (Å²) in [6.07, 6.45) is 2.07. The van der Waals surface area contributed by atoms with E-state index in [9.17, 15) is 9.18 Å². The van der Waals surface area contributed by atoms with Gasteiger partial charge in [0.05, 0.1) is 24.0 Å². The van der Waals surface area contributed by atoms with E-state index in [2.05, 4.69) is 34.7 Å². The summed E-state index contributed by atoms with van der Waals surface area (Å²) in [4.78, 5) is 15.4. The van der Waals surface area contributed by atoms with Crippen LogP contribution in [0.5, 0.6) is 0 Å². The second kappa shape index (κ2) is 9.92. The van der Waals surface area contributed by atoms with Crippen LogP contribution in [0, 0.1) is 11.7 Å². The average Bonchev–Trinajstić information content (AvgIpc) is 2.79. The third-order valence-electron chi connectivity index (χ3n) is 6.10. The number of carboxylic acid groups (broad SMARTS) is 1. The minimum atomic E-state index is -0.823. The Morgan fingerprint density at radius 3 is 2.75 bits per heavy atom. The van der Waals surface area contributed by atoms with Crippen molar-refractivity contribution in [1.29, 1.82) is 0 Å². The molecule has 1 aliphatic rings. The molecular formula is C26H28FN3O2. The monoisotopic (exact) mass is 433 g/mol. The highest BCUT2D eigenvalue weighted by Crippen LogP contribution is 2.32. The number of halogens is 1. The van der Waals surface area contributed by atoms with Gasteiger partial charge in [0, 0.05) is 31.1 Å². The first-order valence-electron chi connectivity index (χ1n) is 11.0. The van der Waals surface area contributed by atoms with Crippen LogP contribution in [0.4, 0.5) is 10.1 Å². The van der Waals surface area contributed by atoms with Gasteiger partial charge in [-0.15, -0.1) is 0 Å². The molecule has 166 valence electrons. The molecule has 0 bridgehead atoms. The van der Waals surface area contributed by atoms with E-state index in [4.69, 9.17) is 5.11 Å². The second-order valence-corrected chi connectivity index (χ2v) is 8.51. The Hall–Kier alpha value is -3.25. The largest absolute Gasteiger partial charge is 0.481 e. The number of carboxylic acids is 1. The molecule has 2 aromatic carbocycles. The lowest BCUT2D eigenvalue weighted by Gasteiger charge is -2.33. The average molecular weight is 434 g/mol. The molecule has 3 N–H and O–H groups in total. The summed E-state index contributed by atoms with van der Waals surface area (Å²) in [5, 5.41) is 16.2. The Bertz CT molecular complexity index is 1070. The van der Waals surface area contributed by atoms with E-state index >= 15 is 0 Å². The van der Waals surface area contributed by atoms with Gasteiger partial charge in [-0.25, -0.2) is 4.39 Å². The second-order valence-electron chi connectivity index (χ2n) is 8.51. The van der Waals surface area contributed by atoms with Crippen LogP contribution in [-0.4, -0.2) is 29.1 Å². The standard InChI is InChI=1S/C26H28FN3O2/c1-17(20-9-5-6-18(10-20)11-25(31)32)14-30-26(19-7-3-2-4-8-19)21-12-23-24(28-15-21)13-22(27)16-29-23/h2-10,13,16-17,21,26,28,30H,11-12,14-15H2,1H3,(H,31,32)/t17-,21+,26-/m1/s1. The number of benzene rings is 2. The molecule has 1 aliphatic heterocycles. The molecule has 0 saturated carbocycles. The fourth-order valence-electron chi connectivity index (χ4n) is 4.40. The normalized spacial score (nSPS) is 17.1. The van der Waals surface area contributed by atoms with E-state index in [1.807, 2.05) is 42.5 Å². The zero-order valence-corrected chi connectivity index (χ0v) is 18.1. The van der Waals surface area contributed by atoms with Gasteiger partial charge in [0.1, 0.15) is 5.82 Å². The molecule has 0 spiro atoms. The van der Waals surface area contributed by atoms with E-state index in [-0.39, 0.29) is 30.1 Å². The number of aliphatic carboxylic acids is 1. The minimum Gasteiger partial charge on any atom is -0.481 e. The zero-order valence-electron chi connectivity index (χ0n) is 18.1. The molecule has 3 atom stereocenters. The van der Waals surface area contributed by atoms with E-state index in [1.54, 1.807) is 0 Å². The van der Waals surface area contributed by atoms with Crippen molar-refractivity contribution < 1.29 is 14.3 Å². The Morgan fingerprint density at radius 1 is 1.19 bits per heavy atom. The Morgan fingerprint density at radius 2 is 1.97 bits per heavy atom. The highest BCUT2D eigenvalue weighted by atomic mass is 19.1. The molecule has 0 amide bonds. The van der Waals surface area contributed by atoms with E-state index in [0.29, 0.717) is 0 Å². The molecule has 6 heteroatoms. The molecule has 0 radical (unpaired) electrons. The maximum Gasteiger partial charge on any atom is 0.307 e. The molecule has 5 nitrogen and oxygen atoms in total. The van der Waals surface area contributed by atoms with Crippen molar-refractivity contribution >= 4 is 11.7 Å². The number of anilines is 1. The highest BCUT2D eigenvalue weighted by Gasteiger charge is 2.28. The van der Waals surface area contributed by atoms with Crippen molar-refractivity contribution in [2.75, 3.05) is 18.4 Å². The van der Waals surface area contributed by atoms with Gasteiger partial charge in [0.25, 0.3) is 0 Å². The quantitative estimate of drug-likeness (QED) is 0.485. The third kappa shape index (κ3) is 5.32. The van der Waals surface area contributed by atoms with Crippen LogP contribution in [0.25, 0.3) is 0 Å². The van der Waals surface area contributed by atoms with Gasteiger partial charge in [-0.3, -0.25) is 9.78 Å². The van der Waals surface area contributed by atoms with Crippen molar-refractivity contribution in [3.05, 3.63) is 95.1 Å². The predicted molar refractivity (Wildman–Crippen MR) is 123 cm³/mol. The number of aromatic nitrogens is 1. The number of carbonyl (C=O) groups is 1. The van der Waals surface area contributed by atoms with Gasteiger partial charge in [-0.1, -0.05) is 61.5 Å². The molecule has 3 aromatic rings. The molecule has 0 fully saturated rings. The number of fused-ring (bicyclic) bond motifs is 1. The lowest BCUT2D eigenvalue weighted by Crippen LogP contribution is -2.37. The Labute approximate surface area is 187 Å². The van der Waals surface area contributed by atoms with Crippen molar-refractivity contribution in [3.63, 3.8) is 0 Å². The summed E-state index contributed by atoms with van der Waals surface area (Å²) in [6, 6.07) is 19.8. The molecule has 32 heavy (non-hydrogen) atoms. The fourth-order valence-corrected chi connectivity index (χ4v) is 4.40. The summed E-state index contributed by atoms with van der Waals surface area (Å²) in [7, 11) is 0. The van der Waals surface area contributed by atoms with Crippen LogP contribution in [0.2, 0.25) is 0 Å². The smallest absolute Gasteiger partial charge is 0.307 e. The highest BCUT2D eigenvalue weighted by molar-refractivity contribution is 5.70. The van der Waals surface area contributed by atoms with Crippen molar-refractivity contribution in [1.82, 2.24) is 10.3 Å². The van der Waals surface area contributed by atoms with Crippen LogP contribution in [-0.2, 0) is 17.6 Å². The number of hydrogen-bond acceptors (Lipinski definition) is 4. The third-order valence-corrected chi connectivity index (χ3v) is 6.10. The van der Waals surface area contributed by atoms with Crippen LogP contribution < -0.4 is 10.6 Å². The summed E-state index contributed by atoms with van der Waals surface area (Å²) in [6.45, 7) is 3.62. The van der Waals surface area contributed by atoms with Crippen molar-refractivity contribution in [2.45, 2.75) is 31.7 Å². The first kappa shape index (κ1) is 22.0. The molecule has 1 aromatic heterocycles. The minimum absolute atomic E-state index is 0.0291. The van der Waals surface area contributed by atoms with Crippen LogP contribution in [0.15, 0.2) is 66.9 Å². The number of hydrogen-bond donors (Lipinski definition) is 3. The van der Waals surface area contributed by atoms with Crippen molar-refractivity contribution in [3.8, 4) is 0 Å². The number of nitrogens with one attached hydrogen (secondary N) is 2. The fraction of sp³-hybridized carbons (Fsp3) is 0.308. The first-order chi connectivity index (χ1) is 15.5. The Kier molecular flexibility index (Phi) is 6.81. The lowest BCUT2D eigenvalue weighted by molar-refractivity contribution is -0.136. The number of nitrogens with zero attached hydrogens (tertiary/aromatic N) is 1. The van der Waals surface area contributed by atoms with Gasteiger partial charge in [0.15, 0.2) is 0 Å². The summed E-state index contributed by atoms with van der Waals surface area (Å²) in [5.41, 5.74) is 4.80. The predicted octanol–water partition coefficient (Wildman–Crippen LogP) is 4.57. The van der Waals surface area contributed by atoms with Gasteiger partial charge in [-0.05, 0) is 29.0 Å². The van der Waals surface area contributed by atoms with Crippen LogP contribution in [0.1, 0.15) is 41.3 Å². The number of pyridine rings is 1. The van der Waals surface area contributed by atoms with Gasteiger partial charge in [0.2, 0.25) is 0 Å². The first-order valence-corrected chi connectivity index (χ1v) is 11.0. The van der Waals surface area contributed by atoms with Crippen LogP contribution >= 0.6 is 0 Å². The van der Waals surface area contributed by atoms with Gasteiger partial charge < -0.3 is 15.7 Å². The van der Waals surface area contributed by atoms with Crippen LogP contribution in [0.3, 0.4) is 0 Å². The SMILES string of the molecule is C[C@H](CN[C@H](c1ccccc1)[C@@H]1CNc2cc(F)cnc2C1)c1cccc(CC(=O)O)c1. The van der Waals surface area contributed by atoms with Gasteiger partial charge in [-0.2, -0.15) is 0 Å². The molecular weight excluding hydrogens is 405 g/mol. The summed E-state index contributed by atoms with van der Waals surface area (Å²) >= 11 is 0. The van der Waals surface area contributed by atoms with E-state index in [1.165, 1.54) is 17.8 Å². The summed E-state index contributed by atoms with van der Waals surface area (Å²) < 4.78 is 13.5. The molecule has 2 heterocycles. The van der Waals surface area contributed by atoms with Gasteiger partial charge >= 0.3 is 5.97 Å². The molecule has 0 unspecified atom stereocenters. The lowest BCUT2D eigenvalue weighted by atomic mass is 9.86. The number of rotatable bonds is 8. The van der Waals surface area contributed by atoms with E-state index in [0.717, 1.165) is 42.0 Å². The molecule has 0 saturated heterocycles. The topological polar surface area (TPSA) is 74.2 Å². The maximum atomic E-state index is 13.5. The summed E-state index contributed by atoms with van der Waals surface area (Å²) in [5.74, 6) is -0.679. The maximum absolute atomic E-state index is 13.5. The van der Waals surface area contributed by atoms with Crippen molar-refractivity contribution in [2.24, 2.45) is 5.92 Å². The zero-order chi connectivity index (χ0) is 22.5.